The van der Waals surface area contributed by atoms with Gasteiger partial charge in [-0.3, -0.25) is 24.2 Å². The maximum atomic E-state index is 13.6. The summed E-state index contributed by atoms with van der Waals surface area (Å²) in [5.41, 5.74) is 16.5. The second-order valence-electron chi connectivity index (χ2n) is 10.5. The van der Waals surface area contributed by atoms with Gasteiger partial charge in [-0.2, -0.15) is 5.10 Å². The minimum Gasteiger partial charge on any atom is -0.481 e. The number of carbonyl (C=O) groups excluding carboxylic acids is 4. The number of para-hydroxylation sites is 1. The Kier molecular flexibility index (Phi) is 23.4. The number of aliphatic imine (C=N–C) groups is 1. The van der Waals surface area contributed by atoms with E-state index >= 15 is 0 Å². The maximum Gasteiger partial charge on any atom is 0.303 e. The van der Waals surface area contributed by atoms with Crippen LogP contribution >= 0.6 is 0 Å². The fourth-order valence-corrected chi connectivity index (χ4v) is 4.24. The molecule has 0 aliphatic rings. The number of nitrogens with one attached hydrogen (secondary N) is 3. The molecule has 10 N–H and O–H groups in total. The predicted molar refractivity (Wildman–Crippen MR) is 201 cm³/mol. The molecule has 51 heavy (non-hydrogen) atoms. The van der Waals surface area contributed by atoms with E-state index in [4.69, 9.17) is 16.6 Å². The lowest BCUT2D eigenvalue weighted by atomic mass is 10.1. The molecule has 1 aromatic heterocycles. The SMILES string of the molecule is CC.CC(=O)NC(CCC(=O)O)C(=O)Nc1c(C(=O)NC(C=O)CCCN=C(N)N)nn(-c2ccccc2)c1-c1ccccc1.CCCC.CN. The lowest BCUT2D eigenvalue weighted by molar-refractivity contribution is -0.137. The molecule has 0 aliphatic heterocycles. The zero-order valence-electron chi connectivity index (χ0n) is 30.5. The number of nitrogens with zero attached hydrogens (tertiary/aromatic N) is 3. The van der Waals surface area contributed by atoms with Crippen LogP contribution in [0, 0.1) is 0 Å². The number of hydrogen-bond donors (Lipinski definition) is 7. The van der Waals surface area contributed by atoms with Gasteiger partial charge in [0.1, 0.15) is 18.0 Å². The van der Waals surface area contributed by atoms with Crippen molar-refractivity contribution in [2.24, 2.45) is 22.2 Å². The van der Waals surface area contributed by atoms with E-state index in [0.717, 1.165) is 0 Å². The lowest BCUT2D eigenvalue weighted by Crippen LogP contribution is -2.43. The summed E-state index contributed by atoms with van der Waals surface area (Å²) >= 11 is 0. The number of aromatic nitrogens is 2. The number of carboxylic acid groups (broad SMARTS) is 1. The Balaban J connectivity index is 0.00000286. The molecule has 1 heterocycles. The quantitative estimate of drug-likeness (QED) is 0.0492. The highest BCUT2D eigenvalue weighted by Gasteiger charge is 2.30. The van der Waals surface area contributed by atoms with Crippen LogP contribution in [-0.4, -0.2) is 76.5 Å². The van der Waals surface area contributed by atoms with Crippen molar-refractivity contribution in [2.45, 2.75) is 85.2 Å². The summed E-state index contributed by atoms with van der Waals surface area (Å²) in [6.07, 6.45) is 3.27. The van der Waals surface area contributed by atoms with E-state index < -0.39 is 35.8 Å². The van der Waals surface area contributed by atoms with Gasteiger partial charge in [-0.1, -0.05) is 89.1 Å². The van der Waals surface area contributed by atoms with Gasteiger partial charge in [0.15, 0.2) is 11.7 Å². The number of benzene rings is 2. The highest BCUT2D eigenvalue weighted by molar-refractivity contribution is 6.08. The van der Waals surface area contributed by atoms with Crippen molar-refractivity contribution >= 4 is 41.6 Å². The number of amides is 3. The topological polar surface area (TPSA) is 250 Å². The molecule has 0 saturated heterocycles. The van der Waals surface area contributed by atoms with Crippen LogP contribution in [0.4, 0.5) is 5.69 Å². The number of aliphatic carboxylic acids is 1. The molecule has 3 rings (SSSR count). The largest absolute Gasteiger partial charge is 0.481 e. The molecule has 0 bridgehead atoms. The zero-order valence-corrected chi connectivity index (χ0v) is 30.5. The van der Waals surface area contributed by atoms with Crippen LogP contribution in [0.1, 0.15) is 83.6 Å². The first-order chi connectivity index (χ1) is 24.5. The summed E-state index contributed by atoms with van der Waals surface area (Å²) in [7, 11) is 1.50. The third-order valence-corrected chi connectivity index (χ3v) is 6.69. The van der Waals surface area contributed by atoms with Crippen LogP contribution in [0.25, 0.3) is 16.9 Å². The van der Waals surface area contributed by atoms with Crippen LogP contribution in [-0.2, 0) is 19.2 Å². The van der Waals surface area contributed by atoms with Crippen molar-refractivity contribution in [1.82, 2.24) is 20.4 Å². The van der Waals surface area contributed by atoms with Gasteiger partial charge in [0.05, 0.1) is 17.4 Å². The van der Waals surface area contributed by atoms with Gasteiger partial charge >= 0.3 is 5.97 Å². The maximum absolute atomic E-state index is 13.6. The molecule has 3 amide bonds. The van der Waals surface area contributed by atoms with Crippen LogP contribution < -0.4 is 33.2 Å². The summed E-state index contributed by atoms with van der Waals surface area (Å²) in [5, 5.41) is 21.5. The summed E-state index contributed by atoms with van der Waals surface area (Å²) in [4.78, 5) is 65.9. The number of unbranched alkanes of at least 4 members (excludes halogenated alkanes) is 1. The van der Waals surface area contributed by atoms with E-state index in [1.165, 1.54) is 31.5 Å². The summed E-state index contributed by atoms with van der Waals surface area (Å²) in [6, 6.07) is 15.6. The Morgan fingerprint density at radius 2 is 1.49 bits per heavy atom. The molecule has 2 unspecified atom stereocenters. The smallest absolute Gasteiger partial charge is 0.303 e. The highest BCUT2D eigenvalue weighted by atomic mass is 16.4. The van der Waals surface area contributed by atoms with E-state index in [1.807, 2.05) is 19.9 Å². The third kappa shape index (κ3) is 16.6. The second kappa shape index (κ2) is 26.3. The Morgan fingerprint density at radius 1 is 0.922 bits per heavy atom. The first-order valence-corrected chi connectivity index (χ1v) is 16.9. The fourth-order valence-electron chi connectivity index (χ4n) is 4.24. The highest BCUT2D eigenvalue weighted by Crippen LogP contribution is 2.34. The Hall–Kier alpha value is -5.57. The number of anilines is 1. The number of hydrogen-bond acceptors (Lipinski definition) is 8. The van der Waals surface area contributed by atoms with Gasteiger partial charge in [0.25, 0.3) is 5.91 Å². The molecule has 3 aromatic rings. The molecule has 280 valence electrons. The van der Waals surface area contributed by atoms with Crippen LogP contribution in [0.2, 0.25) is 0 Å². The van der Waals surface area contributed by atoms with Gasteiger partial charge in [-0.25, -0.2) is 4.68 Å². The van der Waals surface area contributed by atoms with Gasteiger partial charge < -0.3 is 43.1 Å². The van der Waals surface area contributed by atoms with Gasteiger partial charge in [-0.05, 0) is 38.4 Å². The molecule has 0 radical (unpaired) electrons. The van der Waals surface area contributed by atoms with Gasteiger partial charge in [-0.15, -0.1) is 0 Å². The summed E-state index contributed by atoms with van der Waals surface area (Å²) in [5.74, 6) is -3.28. The van der Waals surface area contributed by atoms with E-state index in [1.54, 1.807) is 54.6 Å². The Labute approximate surface area is 300 Å². The molecular weight excluding hydrogens is 654 g/mol. The number of guanidine groups is 1. The molecule has 15 nitrogen and oxygen atoms in total. The Morgan fingerprint density at radius 3 is 1.98 bits per heavy atom. The third-order valence-electron chi connectivity index (χ3n) is 6.69. The molecule has 0 fully saturated rings. The van der Waals surface area contributed by atoms with E-state index in [2.05, 4.69) is 45.6 Å². The molecule has 2 atom stereocenters. The average Bonchev–Trinajstić information content (AvgIpc) is 3.52. The number of nitrogens with two attached hydrogens (primary N) is 3. The first kappa shape index (κ1) is 45.4. The zero-order chi connectivity index (χ0) is 38.8. The van der Waals surface area contributed by atoms with Crippen molar-refractivity contribution in [3.63, 3.8) is 0 Å². The van der Waals surface area contributed by atoms with Crippen LogP contribution in [0.3, 0.4) is 0 Å². The summed E-state index contributed by atoms with van der Waals surface area (Å²) < 4.78 is 1.49. The molecule has 2 aromatic carbocycles. The second-order valence-corrected chi connectivity index (χ2v) is 10.5. The van der Waals surface area contributed by atoms with Crippen molar-refractivity contribution in [3.8, 4) is 16.9 Å². The van der Waals surface area contributed by atoms with Crippen molar-refractivity contribution in [2.75, 3.05) is 18.9 Å². The van der Waals surface area contributed by atoms with Crippen molar-refractivity contribution in [3.05, 3.63) is 66.4 Å². The van der Waals surface area contributed by atoms with Gasteiger partial charge in [0.2, 0.25) is 11.8 Å². The molecule has 0 spiro atoms. The van der Waals surface area contributed by atoms with E-state index in [-0.39, 0.29) is 43.1 Å². The monoisotopic (exact) mass is 709 g/mol. The van der Waals surface area contributed by atoms with E-state index in [0.29, 0.717) is 29.7 Å². The standard InChI is InChI=1S/C29H34N8O6.C4H10.C2H6.CH5N/c1-18(39)33-22(14-15-23(40)41)27(42)35-24-25(28(43)34-20(17-38)11-8-16-32-29(30)31)36-37(21-12-6-3-7-13-21)26(24)19-9-4-2-5-10-19;1-3-4-2;2*1-2/h2-7,9-10,12-13,17,20,22H,8,11,14-16H2,1H3,(H,33,39)(H,34,43)(H,35,42)(H,40,41)(H4,30,31,32);3-4H2,1-2H3;1-2H3;2H2,1H3. The van der Waals surface area contributed by atoms with Crippen molar-refractivity contribution < 1.29 is 29.1 Å². The molecular formula is C36H55N9O6. The molecule has 0 aliphatic carbocycles. The van der Waals surface area contributed by atoms with Crippen LogP contribution in [0.5, 0.6) is 0 Å². The fraction of sp³-hybridized carbons (Fsp3) is 0.417. The van der Waals surface area contributed by atoms with Gasteiger partial charge in [0, 0.05) is 25.5 Å². The predicted octanol–water partition coefficient (Wildman–Crippen LogP) is 3.61. The lowest BCUT2D eigenvalue weighted by Gasteiger charge is -2.18. The van der Waals surface area contributed by atoms with Crippen molar-refractivity contribution in [1.29, 1.82) is 0 Å². The number of aldehydes is 1. The number of carboxylic acids is 1. The Bertz CT molecular complexity index is 1510. The first-order valence-electron chi connectivity index (χ1n) is 16.9. The normalized spacial score (nSPS) is 10.9. The molecule has 0 saturated carbocycles. The number of rotatable bonds is 16. The minimum absolute atomic E-state index is 0.00776. The molecule has 15 heteroatoms. The summed E-state index contributed by atoms with van der Waals surface area (Å²) in [6.45, 7) is 9.82. The van der Waals surface area contributed by atoms with E-state index in [9.17, 15) is 24.0 Å². The van der Waals surface area contributed by atoms with Crippen LogP contribution in [0.15, 0.2) is 65.7 Å². The minimum atomic E-state index is -1.22. The average molecular weight is 710 g/mol. The number of carbonyl (C=O) groups is 5.